The molecule has 3 aromatic rings. The van der Waals surface area contributed by atoms with E-state index in [1.54, 1.807) is 0 Å². The van der Waals surface area contributed by atoms with E-state index in [0.29, 0.717) is 22.1 Å². The largest absolute Gasteiger partial charge is 0.416 e. The molecule has 1 amide bonds. The van der Waals surface area contributed by atoms with Crippen molar-refractivity contribution in [1.29, 1.82) is 0 Å². The first-order valence-electron chi connectivity index (χ1n) is 8.88. The van der Waals surface area contributed by atoms with Gasteiger partial charge in [0.05, 0.1) is 28.9 Å². The average molecular weight is 469 g/mol. The fourth-order valence-electron chi connectivity index (χ4n) is 2.97. The number of fused-ring (bicyclic) bond motifs is 1. The van der Waals surface area contributed by atoms with Crippen molar-refractivity contribution < 1.29 is 26.4 Å². The van der Waals surface area contributed by atoms with Crippen molar-refractivity contribution in [3.63, 3.8) is 0 Å². The number of carbonyl (C=O) groups is 1. The molecule has 4 rings (SSSR count). The summed E-state index contributed by atoms with van der Waals surface area (Å²) >= 11 is 1.13. The number of carbonyl (C=O) groups excluding carboxylic acids is 1. The van der Waals surface area contributed by atoms with Crippen LogP contribution in [0.1, 0.15) is 26.6 Å². The van der Waals surface area contributed by atoms with Gasteiger partial charge in [-0.05, 0) is 24.3 Å². The van der Waals surface area contributed by atoms with Crippen LogP contribution in [0.2, 0.25) is 0 Å². The van der Waals surface area contributed by atoms with Crippen molar-refractivity contribution in [2.75, 3.05) is 11.9 Å². The summed E-state index contributed by atoms with van der Waals surface area (Å²) in [7, 11) is -3.98. The molecule has 0 radical (unpaired) electrons. The van der Waals surface area contributed by atoms with Crippen molar-refractivity contribution >= 4 is 32.4 Å². The highest BCUT2D eigenvalue weighted by Crippen LogP contribution is 2.33. The molecule has 0 aliphatic carbocycles. The Morgan fingerprint density at radius 3 is 2.55 bits per heavy atom. The molecular weight excluding hydrogens is 455 g/mol. The number of nitrogens with zero attached hydrogens (tertiary/aromatic N) is 4. The monoisotopic (exact) mass is 469 g/mol. The minimum absolute atomic E-state index is 0.0113. The van der Waals surface area contributed by atoms with Crippen LogP contribution in [-0.2, 0) is 29.2 Å². The number of thiazole rings is 1. The van der Waals surface area contributed by atoms with Crippen LogP contribution in [-0.4, -0.2) is 40.1 Å². The Hall–Kier alpha value is -2.90. The van der Waals surface area contributed by atoms with E-state index in [1.807, 2.05) is 0 Å². The SMILES string of the molecule is O=C(Nc1nc2c(s1)CN(S(=O)(=O)c1ccc(C(F)(F)F)cc1)CC2)c1cnccn1. The number of rotatable bonds is 4. The Labute approximate surface area is 178 Å². The summed E-state index contributed by atoms with van der Waals surface area (Å²) < 4.78 is 65.1. The van der Waals surface area contributed by atoms with Gasteiger partial charge in [-0.3, -0.25) is 15.1 Å². The van der Waals surface area contributed by atoms with Gasteiger partial charge in [-0.1, -0.05) is 0 Å². The Morgan fingerprint density at radius 2 is 1.90 bits per heavy atom. The van der Waals surface area contributed by atoms with Gasteiger partial charge in [0.1, 0.15) is 5.69 Å². The number of halogens is 3. The molecule has 13 heteroatoms. The molecule has 162 valence electrons. The summed E-state index contributed by atoms with van der Waals surface area (Å²) in [5.74, 6) is -0.492. The smallest absolute Gasteiger partial charge is 0.296 e. The predicted octanol–water partition coefficient (Wildman–Crippen LogP) is 2.95. The summed E-state index contributed by atoms with van der Waals surface area (Å²) in [4.78, 5) is 24.7. The van der Waals surface area contributed by atoms with E-state index in [-0.39, 0.29) is 23.7 Å². The van der Waals surface area contributed by atoms with Crippen LogP contribution in [0.25, 0.3) is 0 Å². The Bertz CT molecular complexity index is 1210. The molecular formula is C18H14F3N5O3S2. The van der Waals surface area contributed by atoms with Gasteiger partial charge in [0, 0.05) is 30.2 Å². The molecule has 1 aliphatic heterocycles. The highest BCUT2D eigenvalue weighted by Gasteiger charge is 2.33. The van der Waals surface area contributed by atoms with E-state index in [1.165, 1.54) is 22.9 Å². The van der Waals surface area contributed by atoms with Crippen LogP contribution >= 0.6 is 11.3 Å². The summed E-state index contributed by atoms with van der Waals surface area (Å²) in [6.07, 6.45) is -0.110. The second-order valence-electron chi connectivity index (χ2n) is 6.54. The fraction of sp³-hybridized carbons (Fsp3) is 0.222. The van der Waals surface area contributed by atoms with E-state index < -0.39 is 27.7 Å². The maximum atomic E-state index is 12.9. The zero-order valence-electron chi connectivity index (χ0n) is 15.6. The zero-order valence-corrected chi connectivity index (χ0v) is 17.3. The normalized spacial score (nSPS) is 14.8. The first kappa shape index (κ1) is 21.3. The van der Waals surface area contributed by atoms with Gasteiger partial charge in [0.15, 0.2) is 5.13 Å². The quantitative estimate of drug-likeness (QED) is 0.630. The third kappa shape index (κ3) is 4.43. The van der Waals surface area contributed by atoms with Crippen LogP contribution in [0.3, 0.4) is 0 Å². The minimum atomic E-state index is -4.54. The van der Waals surface area contributed by atoms with Gasteiger partial charge in [-0.15, -0.1) is 11.3 Å². The van der Waals surface area contributed by atoms with E-state index in [9.17, 15) is 26.4 Å². The minimum Gasteiger partial charge on any atom is -0.296 e. The Morgan fingerprint density at radius 1 is 1.16 bits per heavy atom. The molecule has 1 aromatic carbocycles. The number of nitrogens with one attached hydrogen (secondary N) is 1. The molecule has 1 aliphatic rings. The van der Waals surface area contributed by atoms with Crippen molar-refractivity contribution in [2.24, 2.45) is 0 Å². The topological polar surface area (TPSA) is 105 Å². The number of sulfonamides is 1. The second-order valence-corrected chi connectivity index (χ2v) is 9.57. The predicted molar refractivity (Wildman–Crippen MR) is 105 cm³/mol. The van der Waals surface area contributed by atoms with Crippen molar-refractivity contribution in [3.8, 4) is 0 Å². The van der Waals surface area contributed by atoms with Gasteiger partial charge >= 0.3 is 6.18 Å². The van der Waals surface area contributed by atoms with Crippen molar-refractivity contribution in [2.45, 2.75) is 24.0 Å². The van der Waals surface area contributed by atoms with Gasteiger partial charge in [-0.2, -0.15) is 17.5 Å². The molecule has 31 heavy (non-hydrogen) atoms. The molecule has 0 saturated carbocycles. The van der Waals surface area contributed by atoms with Crippen LogP contribution in [0.15, 0.2) is 47.8 Å². The first-order valence-corrected chi connectivity index (χ1v) is 11.1. The molecule has 3 heterocycles. The standard InChI is InChI=1S/C18H14F3N5O3S2/c19-18(20,21)11-1-3-12(4-2-11)31(28,29)26-8-5-13-15(10-26)30-17(24-13)25-16(27)14-9-22-6-7-23-14/h1-4,6-7,9H,5,8,10H2,(H,24,25,27). The number of hydrogen-bond donors (Lipinski definition) is 1. The number of hydrogen-bond acceptors (Lipinski definition) is 7. The lowest BCUT2D eigenvalue weighted by Gasteiger charge is -2.25. The van der Waals surface area contributed by atoms with Crippen molar-refractivity contribution in [3.05, 3.63) is 64.7 Å². The second kappa shape index (κ2) is 7.98. The molecule has 8 nitrogen and oxygen atoms in total. The number of alkyl halides is 3. The summed E-state index contributed by atoms with van der Waals surface area (Å²) in [5.41, 5.74) is -0.140. The molecule has 0 bridgehead atoms. The molecule has 0 atom stereocenters. The molecule has 0 fully saturated rings. The van der Waals surface area contributed by atoms with Crippen LogP contribution in [0.5, 0.6) is 0 Å². The number of anilines is 1. The summed E-state index contributed by atoms with van der Waals surface area (Å²) in [6.45, 7) is 0.134. The lowest BCUT2D eigenvalue weighted by Crippen LogP contribution is -2.35. The fourth-order valence-corrected chi connectivity index (χ4v) is 5.48. The maximum Gasteiger partial charge on any atom is 0.416 e. The van der Waals surface area contributed by atoms with E-state index in [0.717, 1.165) is 35.6 Å². The van der Waals surface area contributed by atoms with Gasteiger partial charge < -0.3 is 0 Å². The van der Waals surface area contributed by atoms with Gasteiger partial charge in [0.2, 0.25) is 10.0 Å². The third-order valence-electron chi connectivity index (χ3n) is 4.53. The number of benzene rings is 1. The van der Waals surface area contributed by atoms with Crippen LogP contribution < -0.4 is 5.32 Å². The lowest BCUT2D eigenvalue weighted by atomic mass is 10.2. The van der Waals surface area contributed by atoms with Crippen LogP contribution in [0, 0.1) is 0 Å². The van der Waals surface area contributed by atoms with E-state index in [2.05, 4.69) is 20.3 Å². The maximum absolute atomic E-state index is 12.9. The van der Waals surface area contributed by atoms with Gasteiger partial charge in [-0.25, -0.2) is 18.4 Å². The number of amides is 1. The highest BCUT2D eigenvalue weighted by molar-refractivity contribution is 7.89. The molecule has 0 saturated heterocycles. The number of aromatic nitrogens is 3. The molecule has 0 unspecified atom stereocenters. The molecule has 0 spiro atoms. The Kier molecular flexibility index (Phi) is 5.49. The first-order chi connectivity index (χ1) is 14.6. The van der Waals surface area contributed by atoms with E-state index >= 15 is 0 Å². The summed E-state index contributed by atoms with van der Waals surface area (Å²) in [6, 6.07) is 3.39. The molecule has 1 N–H and O–H groups in total. The third-order valence-corrected chi connectivity index (χ3v) is 7.39. The Balaban J connectivity index is 1.50. The van der Waals surface area contributed by atoms with Crippen molar-refractivity contribution in [1.82, 2.24) is 19.3 Å². The highest BCUT2D eigenvalue weighted by atomic mass is 32.2. The summed E-state index contributed by atoms with van der Waals surface area (Å²) in [5, 5.41) is 2.91. The van der Waals surface area contributed by atoms with E-state index in [4.69, 9.17) is 0 Å². The zero-order chi connectivity index (χ0) is 22.2. The van der Waals surface area contributed by atoms with Gasteiger partial charge in [0.25, 0.3) is 5.91 Å². The average Bonchev–Trinajstić information content (AvgIpc) is 3.15. The molecule has 2 aromatic heterocycles. The lowest BCUT2D eigenvalue weighted by molar-refractivity contribution is -0.137. The van der Waals surface area contributed by atoms with Crippen LogP contribution in [0.4, 0.5) is 18.3 Å².